The lowest BCUT2D eigenvalue weighted by Gasteiger charge is -2.20. The number of benzene rings is 2. The van der Waals surface area contributed by atoms with Crippen molar-refractivity contribution in [2.75, 3.05) is 0 Å². The fraction of sp³-hybridized carbons (Fsp3) is 0.360. The molecule has 2 aromatic rings. The molecule has 1 aliphatic carbocycles. The molecule has 0 heterocycles. The molecule has 2 aromatic carbocycles. The molecule has 0 saturated heterocycles. The van der Waals surface area contributed by atoms with Gasteiger partial charge in [-0.2, -0.15) is 13.2 Å². The van der Waals surface area contributed by atoms with E-state index >= 15 is 0 Å². The molecular formula is C25H25F3O2. The van der Waals surface area contributed by atoms with E-state index in [2.05, 4.69) is 0 Å². The summed E-state index contributed by atoms with van der Waals surface area (Å²) in [6.45, 7) is 3.32. The normalized spacial score (nSPS) is 17.2. The van der Waals surface area contributed by atoms with E-state index in [4.69, 9.17) is 0 Å². The summed E-state index contributed by atoms with van der Waals surface area (Å²) in [4.78, 5) is 23.7. The first-order valence-corrected chi connectivity index (χ1v) is 10.1. The van der Waals surface area contributed by atoms with E-state index < -0.39 is 24.3 Å². The van der Waals surface area contributed by atoms with Crippen LogP contribution in [0.2, 0.25) is 0 Å². The monoisotopic (exact) mass is 414 g/mol. The number of fused-ring (bicyclic) bond motifs is 1. The molecule has 0 aromatic heterocycles. The Morgan fingerprint density at radius 3 is 2.60 bits per heavy atom. The third-order valence-corrected chi connectivity index (χ3v) is 5.61. The average molecular weight is 414 g/mol. The van der Waals surface area contributed by atoms with Crippen molar-refractivity contribution in [2.45, 2.75) is 57.5 Å². The second-order valence-electron chi connectivity index (χ2n) is 8.11. The van der Waals surface area contributed by atoms with Gasteiger partial charge >= 0.3 is 6.18 Å². The number of Topliss-reactive ketones (excluding diaryl/α,β-unsaturated/α-hetero) is 1. The molecule has 30 heavy (non-hydrogen) atoms. The molecule has 1 aliphatic rings. The van der Waals surface area contributed by atoms with E-state index in [1.807, 2.05) is 18.2 Å². The third-order valence-electron chi connectivity index (χ3n) is 5.61. The molecule has 0 fully saturated rings. The Hall–Kier alpha value is -2.69. The largest absolute Gasteiger partial charge is 0.396 e. The van der Waals surface area contributed by atoms with Gasteiger partial charge in [0.15, 0.2) is 5.78 Å². The molecule has 5 heteroatoms. The molecule has 0 N–H and O–H groups in total. The molecule has 0 radical (unpaired) electrons. The van der Waals surface area contributed by atoms with Gasteiger partial charge in [0.05, 0.1) is 5.92 Å². The van der Waals surface area contributed by atoms with Gasteiger partial charge in [-0.25, -0.2) is 0 Å². The fourth-order valence-corrected chi connectivity index (χ4v) is 4.16. The van der Waals surface area contributed by atoms with Crippen LogP contribution in [0, 0.1) is 6.92 Å². The zero-order valence-electron chi connectivity index (χ0n) is 17.1. The molecule has 2 nitrogen and oxygen atoms in total. The van der Waals surface area contributed by atoms with Crippen molar-refractivity contribution in [1.29, 1.82) is 0 Å². The standard InChI is InChI=1S/C25H25F3O2/c1-16-4-3-5-21(12-16)24(25(26,27)28)15-22(30)10-6-18-7-11-23-19(13-17(2)29)8-9-20(23)14-18/h3-7,10-12,14,19,24H,8-9,13,15H2,1-2H3/b10-6+. The number of allylic oxidation sites excluding steroid dienone is 1. The number of carbonyl (C=O) groups is 2. The van der Waals surface area contributed by atoms with Crippen LogP contribution in [0.1, 0.15) is 65.8 Å². The van der Waals surface area contributed by atoms with Crippen molar-refractivity contribution in [3.05, 3.63) is 76.4 Å². The number of rotatable bonds is 7. The summed E-state index contributed by atoms with van der Waals surface area (Å²) in [5, 5.41) is 0. The van der Waals surface area contributed by atoms with Gasteiger partial charge in [-0.3, -0.25) is 4.79 Å². The highest BCUT2D eigenvalue weighted by molar-refractivity contribution is 5.94. The highest BCUT2D eigenvalue weighted by Crippen LogP contribution is 2.38. The SMILES string of the molecule is CC(=O)CC1CCc2cc(/C=C/C(=O)CC(c3cccc(C)c3)C(F)(F)F)ccc21. The number of halogens is 3. The van der Waals surface area contributed by atoms with Crippen LogP contribution in [-0.4, -0.2) is 17.7 Å². The second-order valence-corrected chi connectivity index (χ2v) is 8.11. The maximum atomic E-state index is 13.5. The number of hydrogen-bond acceptors (Lipinski definition) is 2. The van der Waals surface area contributed by atoms with Crippen LogP contribution in [-0.2, 0) is 16.0 Å². The van der Waals surface area contributed by atoms with Gasteiger partial charge in [0.1, 0.15) is 5.78 Å². The average Bonchev–Trinajstić information content (AvgIpc) is 3.05. The summed E-state index contributed by atoms with van der Waals surface area (Å²) in [6.07, 6.45) is 0.0180. The molecule has 0 saturated carbocycles. The maximum Gasteiger partial charge on any atom is 0.396 e. The predicted molar refractivity (Wildman–Crippen MR) is 111 cm³/mol. The zero-order valence-corrected chi connectivity index (χ0v) is 17.1. The van der Waals surface area contributed by atoms with Crippen LogP contribution in [0.25, 0.3) is 6.08 Å². The minimum atomic E-state index is -4.49. The van der Waals surface area contributed by atoms with Gasteiger partial charge in [-0.15, -0.1) is 0 Å². The Morgan fingerprint density at radius 1 is 1.17 bits per heavy atom. The van der Waals surface area contributed by atoms with Crippen LogP contribution in [0.5, 0.6) is 0 Å². The van der Waals surface area contributed by atoms with Crippen LogP contribution in [0.4, 0.5) is 13.2 Å². The molecule has 2 unspecified atom stereocenters. The van der Waals surface area contributed by atoms with Crippen LogP contribution in [0.3, 0.4) is 0 Å². The van der Waals surface area contributed by atoms with E-state index in [0.29, 0.717) is 6.42 Å². The van der Waals surface area contributed by atoms with E-state index in [-0.39, 0.29) is 17.3 Å². The lowest BCUT2D eigenvalue weighted by molar-refractivity contribution is -0.155. The smallest absolute Gasteiger partial charge is 0.300 e. The Morgan fingerprint density at radius 2 is 1.93 bits per heavy atom. The maximum absolute atomic E-state index is 13.5. The Kier molecular flexibility index (Phi) is 6.59. The van der Waals surface area contributed by atoms with Gasteiger partial charge in [-0.05, 0) is 60.9 Å². The predicted octanol–water partition coefficient (Wildman–Crippen LogP) is 6.32. The molecule has 3 rings (SSSR count). The molecule has 0 spiro atoms. The molecule has 2 atom stereocenters. The molecule has 0 amide bonds. The van der Waals surface area contributed by atoms with Crippen molar-refractivity contribution in [3.8, 4) is 0 Å². The topological polar surface area (TPSA) is 34.1 Å². The van der Waals surface area contributed by atoms with E-state index in [0.717, 1.165) is 35.1 Å². The van der Waals surface area contributed by atoms with Crippen LogP contribution in [0.15, 0.2) is 48.5 Å². The highest BCUT2D eigenvalue weighted by Gasteiger charge is 2.41. The Labute approximate surface area is 174 Å². The first-order valence-electron chi connectivity index (χ1n) is 10.1. The molecule has 0 bridgehead atoms. The summed E-state index contributed by atoms with van der Waals surface area (Å²) >= 11 is 0. The van der Waals surface area contributed by atoms with Crippen LogP contribution < -0.4 is 0 Å². The van der Waals surface area contributed by atoms with Crippen molar-refractivity contribution >= 4 is 17.6 Å². The van der Waals surface area contributed by atoms with Crippen LogP contribution >= 0.6 is 0 Å². The van der Waals surface area contributed by atoms with E-state index in [1.54, 1.807) is 32.1 Å². The minimum absolute atomic E-state index is 0.110. The number of alkyl halides is 3. The summed E-state index contributed by atoms with van der Waals surface area (Å²) in [5.41, 5.74) is 3.92. The molecular weight excluding hydrogens is 389 g/mol. The highest BCUT2D eigenvalue weighted by atomic mass is 19.4. The van der Waals surface area contributed by atoms with Gasteiger partial charge in [0, 0.05) is 12.8 Å². The van der Waals surface area contributed by atoms with Crippen molar-refractivity contribution in [2.24, 2.45) is 0 Å². The van der Waals surface area contributed by atoms with E-state index in [1.165, 1.54) is 18.2 Å². The van der Waals surface area contributed by atoms with Gasteiger partial charge < -0.3 is 4.79 Å². The van der Waals surface area contributed by atoms with Crippen molar-refractivity contribution in [3.63, 3.8) is 0 Å². The lowest BCUT2D eigenvalue weighted by atomic mass is 9.91. The van der Waals surface area contributed by atoms with Gasteiger partial charge in [0.25, 0.3) is 0 Å². The Balaban J connectivity index is 1.71. The summed E-state index contributed by atoms with van der Waals surface area (Å²) < 4.78 is 40.6. The number of hydrogen-bond donors (Lipinski definition) is 0. The van der Waals surface area contributed by atoms with Crippen molar-refractivity contribution in [1.82, 2.24) is 0 Å². The number of aryl methyl sites for hydroxylation is 2. The fourth-order valence-electron chi connectivity index (χ4n) is 4.16. The molecule has 0 aliphatic heterocycles. The second kappa shape index (κ2) is 8.99. The number of ketones is 2. The lowest BCUT2D eigenvalue weighted by Crippen LogP contribution is -2.23. The van der Waals surface area contributed by atoms with E-state index in [9.17, 15) is 22.8 Å². The summed E-state index contributed by atoms with van der Waals surface area (Å²) in [5.74, 6) is -1.98. The minimum Gasteiger partial charge on any atom is -0.300 e. The first kappa shape index (κ1) is 22.0. The Bertz CT molecular complexity index is 973. The van der Waals surface area contributed by atoms with Gasteiger partial charge in [-0.1, -0.05) is 54.1 Å². The van der Waals surface area contributed by atoms with Gasteiger partial charge in [0.2, 0.25) is 0 Å². The first-order chi connectivity index (χ1) is 14.1. The van der Waals surface area contributed by atoms with Crippen molar-refractivity contribution < 1.29 is 22.8 Å². The third kappa shape index (κ3) is 5.47. The quantitative estimate of drug-likeness (QED) is 0.497. The number of carbonyl (C=O) groups excluding carboxylic acids is 2. The summed E-state index contributed by atoms with van der Waals surface area (Å²) in [6, 6.07) is 12.0. The molecule has 158 valence electrons. The summed E-state index contributed by atoms with van der Waals surface area (Å²) in [7, 11) is 0. The zero-order chi connectivity index (χ0) is 21.9.